The van der Waals surface area contributed by atoms with Gasteiger partial charge in [0, 0.05) is 4.79 Å². The molecular weight excluding hydrogens is 138 g/mol. The van der Waals surface area contributed by atoms with Crippen LogP contribution in [-0.4, -0.2) is 23.9 Å². The summed E-state index contributed by atoms with van der Waals surface area (Å²) in [4.78, 5) is 10.1. The Morgan fingerprint density at radius 3 is 2.78 bits per heavy atom. The van der Waals surface area contributed by atoms with Gasteiger partial charge in [-0.15, -0.1) is 11.8 Å². The normalized spacial score (nSPS) is 14.1. The Morgan fingerprint density at radius 1 is 1.89 bits per heavy atom. The molecule has 0 aromatic carbocycles. The summed E-state index contributed by atoms with van der Waals surface area (Å²) in [6, 6.07) is 0. The summed E-state index contributed by atoms with van der Waals surface area (Å²) in [6.45, 7) is 1.34. The molecule has 2 N–H and O–H groups in total. The third-order valence-corrected chi connectivity index (χ3v) is 1.30. The fraction of sp³-hybridized carbons (Fsp3) is 0.600. The summed E-state index contributed by atoms with van der Waals surface area (Å²) in [5, 5.41) is -0.214. The zero-order valence-electron chi connectivity index (χ0n) is 5.46. The van der Waals surface area contributed by atoms with Gasteiger partial charge in [0.05, 0.1) is 6.92 Å². The highest BCUT2D eigenvalue weighted by Gasteiger charge is 2.02. The molecule has 0 aliphatic heterocycles. The van der Waals surface area contributed by atoms with Crippen LogP contribution in [0.15, 0.2) is 0 Å². The highest BCUT2D eigenvalue weighted by atomic mass is 32.2. The van der Waals surface area contributed by atoms with E-state index in [2.05, 4.69) is 4.42 Å². The van der Waals surface area contributed by atoms with Crippen LogP contribution in [0.4, 0.5) is 0 Å². The highest BCUT2D eigenvalue weighted by molar-refractivity contribution is 7.99. The summed E-state index contributed by atoms with van der Waals surface area (Å²) in [5.74, 6) is -0.334. The molecule has 52 valence electrons. The Balaban J connectivity index is 3.56. The predicted octanol–water partition coefficient (Wildman–Crippen LogP) is -0.0847. The fourth-order valence-corrected chi connectivity index (χ4v) is 0.385. The molecule has 0 radical (unpaired) electrons. The number of nitrogens with two attached hydrogens (primary N) is 1. The second-order valence-electron chi connectivity index (χ2n) is 1.45. The van der Waals surface area contributed by atoms with Gasteiger partial charge in [-0.25, -0.2) is 0 Å². The van der Waals surface area contributed by atoms with Gasteiger partial charge in [-0.3, -0.25) is 4.42 Å². The van der Waals surface area contributed by atoms with Gasteiger partial charge in [-0.2, -0.15) is 0 Å². The van der Waals surface area contributed by atoms with Crippen LogP contribution in [0, 0.1) is 0 Å². The van der Waals surface area contributed by atoms with Crippen molar-refractivity contribution in [3.8, 4) is 0 Å². The van der Waals surface area contributed by atoms with Crippen LogP contribution >= 0.6 is 11.8 Å². The van der Waals surface area contributed by atoms with Crippen molar-refractivity contribution in [2.45, 2.75) is 12.3 Å². The number of rotatable bonds is 2. The molecule has 0 bridgehead atoms. The van der Waals surface area contributed by atoms with E-state index in [0.29, 0.717) is 0 Å². The van der Waals surface area contributed by atoms with E-state index in [4.69, 9.17) is 5.73 Å². The number of hydrogen-bond acceptors (Lipinski definition) is 3. The topological polar surface area (TPSA) is 54.4 Å². The van der Waals surface area contributed by atoms with Crippen LogP contribution in [0.1, 0.15) is 6.92 Å². The first-order valence-corrected chi connectivity index (χ1v) is 3.74. The lowest BCUT2D eigenvalue weighted by molar-refractivity contribution is -0.371. The number of thioether (sulfide) groups is 1. The zero-order chi connectivity index (χ0) is 7.28. The zero-order valence-corrected chi connectivity index (χ0v) is 6.27. The van der Waals surface area contributed by atoms with E-state index in [1.807, 2.05) is 6.26 Å². The number of carbonyl (C=O) groups is 1. The first kappa shape index (κ1) is 8.65. The third-order valence-electron chi connectivity index (χ3n) is 0.640. The van der Waals surface area contributed by atoms with Crippen molar-refractivity contribution in [1.29, 1.82) is 0 Å². The van der Waals surface area contributed by atoms with E-state index in [1.54, 1.807) is 0 Å². The summed E-state index contributed by atoms with van der Waals surface area (Å²) in [6.07, 6.45) is 3.15. The van der Waals surface area contributed by atoms with Gasteiger partial charge >= 0.3 is 5.97 Å². The quantitative estimate of drug-likeness (QED) is 0.338. The van der Waals surface area contributed by atoms with Crippen LogP contribution in [0.3, 0.4) is 0 Å². The van der Waals surface area contributed by atoms with Crippen LogP contribution in [0.25, 0.3) is 0 Å². The van der Waals surface area contributed by atoms with Crippen molar-refractivity contribution in [1.82, 2.24) is 0 Å². The molecule has 1 unspecified atom stereocenters. The van der Waals surface area contributed by atoms with Gasteiger partial charge in [0.2, 0.25) is 6.29 Å². The molecule has 4 heteroatoms. The SMILES string of the molecule is CSC(N)C=[O+]C(C)=O. The second kappa shape index (κ2) is 4.52. The summed E-state index contributed by atoms with van der Waals surface area (Å²) >= 11 is 1.41. The number of hydrogen-bond donors (Lipinski definition) is 1. The molecule has 0 amide bonds. The Kier molecular flexibility index (Phi) is 4.35. The Labute approximate surface area is 58.3 Å². The van der Waals surface area contributed by atoms with E-state index in [0.717, 1.165) is 0 Å². The molecule has 9 heavy (non-hydrogen) atoms. The standard InChI is InChI=1S/C5H10NO2S/c1-4(7)8-3-5(6)9-2/h3,5H,6H2,1-2H3/q+1. The van der Waals surface area contributed by atoms with Crippen molar-refractivity contribution in [3.05, 3.63) is 0 Å². The minimum Gasteiger partial charge on any atom is -0.311 e. The number of carbonyl (C=O) groups excluding carboxylic acids is 2. The summed E-state index contributed by atoms with van der Waals surface area (Å²) in [5.41, 5.74) is 5.35. The van der Waals surface area contributed by atoms with Gasteiger partial charge < -0.3 is 5.73 Å². The van der Waals surface area contributed by atoms with Gasteiger partial charge in [-0.05, 0) is 6.26 Å². The minimum atomic E-state index is -0.334. The first-order chi connectivity index (χ1) is 4.16. The van der Waals surface area contributed by atoms with Crippen molar-refractivity contribution in [2.24, 2.45) is 5.73 Å². The molecule has 0 spiro atoms. The van der Waals surface area contributed by atoms with Crippen LogP contribution in [0.2, 0.25) is 0 Å². The predicted molar refractivity (Wildman–Crippen MR) is 38.2 cm³/mol. The van der Waals surface area contributed by atoms with E-state index in [1.165, 1.54) is 25.0 Å². The molecule has 0 aliphatic carbocycles. The molecule has 1 atom stereocenters. The van der Waals surface area contributed by atoms with E-state index < -0.39 is 0 Å². The van der Waals surface area contributed by atoms with Crippen molar-refractivity contribution >= 4 is 24.0 Å². The Hall–Kier alpha value is -0.350. The monoisotopic (exact) mass is 148 g/mol. The average molecular weight is 148 g/mol. The maximum absolute atomic E-state index is 10.1. The van der Waals surface area contributed by atoms with Crippen LogP contribution < -0.4 is 5.73 Å². The molecule has 3 nitrogen and oxygen atoms in total. The Bertz CT molecular complexity index is 124. The Morgan fingerprint density at radius 2 is 2.44 bits per heavy atom. The van der Waals surface area contributed by atoms with Crippen LogP contribution in [-0.2, 0) is 9.22 Å². The van der Waals surface area contributed by atoms with E-state index in [-0.39, 0.29) is 11.3 Å². The van der Waals surface area contributed by atoms with Gasteiger partial charge in [-0.1, -0.05) is 0 Å². The highest BCUT2D eigenvalue weighted by Crippen LogP contribution is 1.93. The van der Waals surface area contributed by atoms with Gasteiger partial charge in [0.25, 0.3) is 0 Å². The molecule has 0 aromatic rings. The molecule has 0 aliphatic rings. The lowest BCUT2D eigenvalue weighted by atomic mass is 10.7. The van der Waals surface area contributed by atoms with Crippen molar-refractivity contribution in [3.63, 3.8) is 0 Å². The maximum atomic E-state index is 10.1. The molecule has 0 aromatic heterocycles. The minimum absolute atomic E-state index is 0.214. The largest absolute Gasteiger partial charge is 0.576 e. The molecule has 0 saturated carbocycles. The molecular formula is C5H10NO2S+. The summed E-state index contributed by atoms with van der Waals surface area (Å²) < 4.78 is 4.48. The molecule has 0 fully saturated rings. The molecule has 0 saturated heterocycles. The third kappa shape index (κ3) is 5.52. The van der Waals surface area contributed by atoms with Crippen molar-refractivity contribution < 1.29 is 9.22 Å². The van der Waals surface area contributed by atoms with E-state index >= 15 is 0 Å². The smallest absolute Gasteiger partial charge is 0.311 e. The van der Waals surface area contributed by atoms with Gasteiger partial charge in [0.1, 0.15) is 5.37 Å². The fourth-order valence-electron chi connectivity index (χ4n) is 0.218. The van der Waals surface area contributed by atoms with Crippen molar-refractivity contribution in [2.75, 3.05) is 6.26 Å². The molecule has 0 heterocycles. The van der Waals surface area contributed by atoms with Crippen LogP contribution in [0.5, 0.6) is 0 Å². The summed E-state index contributed by atoms with van der Waals surface area (Å²) in [7, 11) is 0. The molecule has 0 rings (SSSR count). The average Bonchev–Trinajstić information content (AvgIpc) is 1.83. The van der Waals surface area contributed by atoms with Gasteiger partial charge in [0.15, 0.2) is 0 Å². The lowest BCUT2D eigenvalue weighted by Gasteiger charge is -1.91. The maximum Gasteiger partial charge on any atom is 0.576 e. The van der Waals surface area contributed by atoms with E-state index in [9.17, 15) is 4.79 Å². The first-order valence-electron chi connectivity index (χ1n) is 2.45. The lowest BCUT2D eigenvalue weighted by Crippen LogP contribution is -2.17. The second-order valence-corrected chi connectivity index (χ2v) is 2.46. The number of aldehydes is 1.